The maximum absolute atomic E-state index is 12.3. The monoisotopic (exact) mass is 505 g/mol. The van der Waals surface area contributed by atoms with E-state index in [1.165, 1.54) is 10.8 Å². The second-order valence-corrected chi connectivity index (χ2v) is 9.68. The van der Waals surface area contributed by atoms with E-state index in [0.29, 0.717) is 17.0 Å². The second-order valence-electron chi connectivity index (χ2n) is 9.68. The fourth-order valence-corrected chi connectivity index (χ4v) is 3.88. The largest absolute Gasteiger partial charge is 0.462 e. The predicted octanol–water partition coefficient (Wildman–Crippen LogP) is 1.15. The van der Waals surface area contributed by atoms with E-state index in [4.69, 9.17) is 19.9 Å². The zero-order valence-corrected chi connectivity index (χ0v) is 21.4. The number of aromatic nitrogens is 3. The highest BCUT2D eigenvalue weighted by molar-refractivity contribution is 5.94. The first-order valence-corrected chi connectivity index (χ1v) is 12.0. The molecule has 3 rings (SSSR count). The van der Waals surface area contributed by atoms with Crippen molar-refractivity contribution in [2.24, 2.45) is 17.6 Å². The number of carbonyl (C=O) groups is 3. The Hall–Kier alpha value is -3.09. The van der Waals surface area contributed by atoms with E-state index in [9.17, 15) is 19.5 Å². The highest BCUT2D eigenvalue weighted by atomic mass is 16.6. The van der Waals surface area contributed by atoms with Gasteiger partial charge in [0.15, 0.2) is 11.9 Å². The number of hydrogen-bond donors (Lipinski definition) is 3. The predicted molar refractivity (Wildman–Crippen MR) is 129 cm³/mol. The van der Waals surface area contributed by atoms with Crippen molar-refractivity contribution in [3.8, 4) is 0 Å². The minimum absolute atomic E-state index is 0.0882. The number of nitrogens with zero attached hydrogens (tertiary/aromatic N) is 3. The van der Waals surface area contributed by atoms with E-state index in [1.54, 1.807) is 53.7 Å². The zero-order valence-electron chi connectivity index (χ0n) is 21.4. The quantitative estimate of drug-likeness (QED) is 0.420. The normalized spacial score (nSPS) is 24.8. The van der Waals surface area contributed by atoms with Gasteiger partial charge in [0, 0.05) is 12.3 Å². The second kappa shape index (κ2) is 10.9. The number of hydrogen-bond acceptors (Lipinski definition) is 10. The van der Waals surface area contributed by atoms with Gasteiger partial charge in [0.05, 0.1) is 5.69 Å². The smallest absolute Gasteiger partial charge is 0.323 e. The molecule has 3 heterocycles. The van der Waals surface area contributed by atoms with Crippen molar-refractivity contribution >= 4 is 29.2 Å². The molecule has 198 valence electrons. The van der Waals surface area contributed by atoms with E-state index in [1.807, 2.05) is 0 Å². The number of fused-ring (bicyclic) bond motifs is 1. The molecular formula is C24H35N5O7. The number of rotatable bonds is 9. The van der Waals surface area contributed by atoms with Crippen molar-refractivity contribution in [2.75, 3.05) is 11.9 Å². The molecule has 1 aliphatic rings. The molecule has 0 unspecified atom stereocenters. The number of carbonyl (C=O) groups excluding carboxylic acids is 3. The Labute approximate surface area is 209 Å². The summed E-state index contributed by atoms with van der Waals surface area (Å²) in [6.45, 7) is 10.1. The molecule has 5 atom stereocenters. The summed E-state index contributed by atoms with van der Waals surface area (Å²) in [4.78, 5) is 40.8. The van der Waals surface area contributed by atoms with Crippen LogP contribution in [0.3, 0.4) is 0 Å². The van der Waals surface area contributed by atoms with Crippen LogP contribution in [0, 0.1) is 11.8 Å². The van der Waals surface area contributed by atoms with E-state index >= 15 is 0 Å². The number of anilines is 1. The Kier molecular flexibility index (Phi) is 8.32. The van der Waals surface area contributed by atoms with Gasteiger partial charge in [-0.3, -0.25) is 14.4 Å². The van der Waals surface area contributed by atoms with Gasteiger partial charge < -0.3 is 30.4 Å². The molecule has 0 aromatic carbocycles. The number of nitrogens with two attached hydrogens (primary N) is 1. The first-order chi connectivity index (χ1) is 16.9. The fourth-order valence-electron chi connectivity index (χ4n) is 3.88. The van der Waals surface area contributed by atoms with E-state index in [0.717, 1.165) is 0 Å². The lowest BCUT2D eigenvalue weighted by atomic mass is 9.93. The van der Waals surface area contributed by atoms with Gasteiger partial charge >= 0.3 is 11.9 Å². The molecule has 0 spiro atoms. The summed E-state index contributed by atoms with van der Waals surface area (Å²) in [5, 5.41) is 18.3. The summed E-state index contributed by atoms with van der Waals surface area (Å²) in [5.41, 5.74) is 5.38. The maximum atomic E-state index is 12.3. The summed E-state index contributed by atoms with van der Waals surface area (Å²) in [6.07, 6.45) is -2.03. The third-order valence-electron chi connectivity index (χ3n) is 6.30. The molecule has 0 radical (unpaired) electrons. The molecule has 0 saturated carbocycles. The molecule has 1 aliphatic heterocycles. The van der Waals surface area contributed by atoms with E-state index in [2.05, 4.69) is 15.4 Å². The molecule has 1 amide bonds. The lowest BCUT2D eigenvalue weighted by Gasteiger charge is -2.27. The van der Waals surface area contributed by atoms with Crippen molar-refractivity contribution in [2.45, 2.75) is 77.9 Å². The topological polar surface area (TPSA) is 167 Å². The van der Waals surface area contributed by atoms with Gasteiger partial charge in [-0.15, -0.1) is 0 Å². The van der Waals surface area contributed by atoms with Crippen LogP contribution < -0.4 is 11.1 Å². The summed E-state index contributed by atoms with van der Waals surface area (Å²) >= 11 is 0. The molecular weight excluding hydrogens is 470 g/mol. The highest BCUT2D eigenvalue weighted by Crippen LogP contribution is 2.42. The van der Waals surface area contributed by atoms with E-state index < -0.39 is 41.9 Å². The number of ether oxygens (including phenoxy) is 3. The van der Waals surface area contributed by atoms with Crippen LogP contribution in [0.5, 0.6) is 0 Å². The number of esters is 2. The molecule has 12 heteroatoms. The Bertz CT molecular complexity index is 1120. The standard InChI is InChI=1S/C24H35N5O7/c1-7-17(30)35-19-15(10-34-23(33)18(25)12(2)3)36-24(6,20(19)31)16-9-8-14-21(26-11-27-29(14)16)28-22(32)13(4)5/h8-9,11-13,15,18-20,31H,7,10,25H2,1-6H3,(H,26,27,28,32)/t15-,18+,19-,20-,24+/m1/s1. The Morgan fingerprint density at radius 3 is 2.58 bits per heavy atom. The van der Waals surface area contributed by atoms with Crippen LogP contribution in [-0.4, -0.2) is 68.5 Å². The first kappa shape index (κ1) is 27.5. The van der Waals surface area contributed by atoms with Crippen molar-refractivity contribution < 1.29 is 33.7 Å². The summed E-state index contributed by atoms with van der Waals surface area (Å²) in [7, 11) is 0. The Morgan fingerprint density at radius 2 is 1.97 bits per heavy atom. The number of amides is 1. The summed E-state index contributed by atoms with van der Waals surface area (Å²) in [6, 6.07) is 2.54. The molecule has 1 fully saturated rings. The SMILES string of the molecule is CCC(=O)O[C@H]1[C@@H](O)[C@](C)(c2ccc3c(NC(=O)C(C)C)ncnn23)O[C@@H]1COC(=O)[C@@H](N)C(C)C. The molecule has 4 N–H and O–H groups in total. The summed E-state index contributed by atoms with van der Waals surface area (Å²) < 4.78 is 18.6. The lowest BCUT2D eigenvalue weighted by Crippen LogP contribution is -2.43. The average Bonchev–Trinajstić information content (AvgIpc) is 3.38. The Balaban J connectivity index is 1.93. The van der Waals surface area contributed by atoms with Crippen molar-refractivity contribution in [3.05, 3.63) is 24.2 Å². The van der Waals surface area contributed by atoms with Crippen LogP contribution in [0.4, 0.5) is 5.82 Å². The van der Waals surface area contributed by atoms with Crippen LogP contribution in [0.15, 0.2) is 18.5 Å². The van der Waals surface area contributed by atoms with E-state index in [-0.39, 0.29) is 30.8 Å². The number of aliphatic hydroxyl groups excluding tert-OH is 1. The van der Waals surface area contributed by atoms with Crippen LogP contribution in [-0.2, 0) is 34.2 Å². The van der Waals surface area contributed by atoms with Crippen LogP contribution in [0.1, 0.15) is 53.7 Å². The van der Waals surface area contributed by atoms with Crippen molar-refractivity contribution in [1.29, 1.82) is 0 Å². The number of aliphatic hydroxyl groups is 1. The van der Waals surface area contributed by atoms with Crippen molar-refractivity contribution in [1.82, 2.24) is 14.6 Å². The van der Waals surface area contributed by atoms with Gasteiger partial charge in [0.1, 0.15) is 42.3 Å². The van der Waals surface area contributed by atoms with Crippen LogP contribution in [0.25, 0.3) is 5.52 Å². The van der Waals surface area contributed by atoms with Gasteiger partial charge in [0.25, 0.3) is 0 Å². The molecule has 36 heavy (non-hydrogen) atoms. The zero-order chi connectivity index (χ0) is 26.8. The van der Waals surface area contributed by atoms with Crippen LogP contribution >= 0.6 is 0 Å². The number of nitrogens with one attached hydrogen (secondary N) is 1. The molecule has 2 aromatic heterocycles. The summed E-state index contributed by atoms with van der Waals surface area (Å²) in [5.74, 6) is -1.47. The molecule has 12 nitrogen and oxygen atoms in total. The van der Waals surface area contributed by atoms with Crippen molar-refractivity contribution in [3.63, 3.8) is 0 Å². The molecule has 1 saturated heterocycles. The third kappa shape index (κ3) is 5.35. The van der Waals surface area contributed by atoms with Gasteiger partial charge in [-0.05, 0) is 25.0 Å². The first-order valence-electron chi connectivity index (χ1n) is 12.0. The van der Waals surface area contributed by atoms with Gasteiger partial charge in [0.2, 0.25) is 5.91 Å². The van der Waals surface area contributed by atoms with Gasteiger partial charge in [-0.2, -0.15) is 5.10 Å². The highest BCUT2D eigenvalue weighted by Gasteiger charge is 2.56. The molecule has 2 aromatic rings. The Morgan fingerprint density at radius 1 is 1.28 bits per heavy atom. The minimum atomic E-state index is -1.41. The lowest BCUT2D eigenvalue weighted by molar-refractivity contribution is -0.161. The third-order valence-corrected chi connectivity index (χ3v) is 6.30. The minimum Gasteiger partial charge on any atom is -0.462 e. The molecule has 0 aliphatic carbocycles. The van der Waals surface area contributed by atoms with Gasteiger partial charge in [-0.25, -0.2) is 9.50 Å². The maximum Gasteiger partial charge on any atom is 0.323 e. The average molecular weight is 506 g/mol. The van der Waals surface area contributed by atoms with Crippen LogP contribution in [0.2, 0.25) is 0 Å². The van der Waals surface area contributed by atoms with Gasteiger partial charge in [-0.1, -0.05) is 34.6 Å². The molecule has 0 bridgehead atoms. The fraction of sp³-hybridized carbons (Fsp3) is 0.625.